The van der Waals surface area contributed by atoms with Crippen LogP contribution in [0.15, 0.2) is 30.3 Å². The average Bonchev–Trinajstić information content (AvgIpc) is 2.30. The summed E-state index contributed by atoms with van der Waals surface area (Å²) in [7, 11) is 0. The molecule has 94 valence electrons. The average molecular weight is 235 g/mol. The first-order chi connectivity index (χ1) is 8.06. The first kappa shape index (κ1) is 13.7. The van der Waals surface area contributed by atoms with Gasteiger partial charge in [-0.1, -0.05) is 51.1 Å². The number of benzene rings is 1. The number of nitrogens with one attached hydrogen (secondary N) is 1. The molecule has 0 saturated carbocycles. The zero-order valence-electron chi connectivity index (χ0n) is 10.7. The number of carbonyl (C=O) groups is 1. The van der Waals surface area contributed by atoms with Crippen LogP contribution in [-0.4, -0.2) is 17.1 Å². The van der Waals surface area contributed by atoms with E-state index in [9.17, 15) is 9.90 Å². The molecule has 2 N–H and O–H groups in total. The normalized spacial score (nSPS) is 14.6. The highest BCUT2D eigenvalue weighted by Gasteiger charge is 2.23. The van der Waals surface area contributed by atoms with Gasteiger partial charge in [-0.05, 0) is 17.9 Å². The first-order valence-electron chi connectivity index (χ1n) is 6.10. The summed E-state index contributed by atoms with van der Waals surface area (Å²) in [6.07, 6.45) is 0.925. The van der Waals surface area contributed by atoms with Crippen molar-refractivity contribution in [1.29, 1.82) is 0 Å². The van der Waals surface area contributed by atoms with Crippen LogP contribution >= 0.6 is 0 Å². The number of carboxylic acid groups (broad SMARTS) is 1. The summed E-state index contributed by atoms with van der Waals surface area (Å²) in [5.74, 6) is -0.402. The Bertz CT molecular complexity index is 348. The third kappa shape index (κ3) is 3.86. The molecule has 2 unspecified atom stereocenters. The molecule has 0 aromatic heterocycles. The van der Waals surface area contributed by atoms with Gasteiger partial charge in [-0.3, -0.25) is 10.1 Å². The Morgan fingerprint density at radius 2 is 1.88 bits per heavy atom. The molecule has 0 fully saturated rings. The summed E-state index contributed by atoms with van der Waals surface area (Å²) < 4.78 is 0. The highest BCUT2D eigenvalue weighted by molar-refractivity contribution is 5.75. The lowest BCUT2D eigenvalue weighted by Crippen LogP contribution is -2.39. The van der Waals surface area contributed by atoms with E-state index in [0.717, 1.165) is 12.0 Å². The lowest BCUT2D eigenvalue weighted by molar-refractivity contribution is -0.140. The highest BCUT2D eigenvalue weighted by Crippen LogP contribution is 2.17. The van der Waals surface area contributed by atoms with E-state index in [1.165, 1.54) is 0 Å². The smallest absolute Gasteiger partial charge is 0.325 e. The predicted molar refractivity (Wildman–Crippen MR) is 68.9 cm³/mol. The van der Waals surface area contributed by atoms with Crippen LogP contribution in [0.25, 0.3) is 0 Å². The van der Waals surface area contributed by atoms with Crippen molar-refractivity contribution < 1.29 is 9.90 Å². The van der Waals surface area contributed by atoms with Gasteiger partial charge in [-0.25, -0.2) is 0 Å². The van der Waals surface area contributed by atoms with Crippen LogP contribution in [0.4, 0.5) is 0 Å². The zero-order chi connectivity index (χ0) is 12.8. The number of carboxylic acids is 1. The molecule has 0 saturated heterocycles. The first-order valence-corrected chi connectivity index (χ1v) is 6.10. The van der Waals surface area contributed by atoms with E-state index in [2.05, 4.69) is 26.1 Å². The maximum absolute atomic E-state index is 11.3. The van der Waals surface area contributed by atoms with Gasteiger partial charge in [-0.2, -0.15) is 0 Å². The third-order valence-electron chi connectivity index (χ3n) is 3.01. The molecule has 2 atom stereocenters. The summed E-state index contributed by atoms with van der Waals surface area (Å²) in [5.41, 5.74) is 0.805. The van der Waals surface area contributed by atoms with Gasteiger partial charge >= 0.3 is 5.97 Å². The molecule has 0 amide bonds. The maximum atomic E-state index is 11.3. The van der Waals surface area contributed by atoms with Crippen molar-refractivity contribution >= 4 is 5.97 Å². The minimum Gasteiger partial charge on any atom is -0.480 e. The van der Waals surface area contributed by atoms with Crippen molar-refractivity contribution in [1.82, 2.24) is 5.32 Å². The largest absolute Gasteiger partial charge is 0.480 e. The fourth-order valence-electron chi connectivity index (χ4n) is 1.95. The second-order valence-corrected chi connectivity index (χ2v) is 4.61. The van der Waals surface area contributed by atoms with Crippen molar-refractivity contribution in [3.05, 3.63) is 35.9 Å². The standard InChI is InChI=1S/C14H21NO2/c1-4-12(10(2)3)15-13(14(16)17)11-8-6-5-7-9-11/h5-10,12-13,15H,4H2,1-3H3,(H,16,17). The molecule has 0 radical (unpaired) electrons. The van der Waals surface area contributed by atoms with Gasteiger partial charge in [0, 0.05) is 6.04 Å². The van der Waals surface area contributed by atoms with E-state index in [0.29, 0.717) is 5.92 Å². The van der Waals surface area contributed by atoms with Crippen molar-refractivity contribution in [2.24, 2.45) is 5.92 Å². The van der Waals surface area contributed by atoms with Crippen LogP contribution in [0.5, 0.6) is 0 Å². The van der Waals surface area contributed by atoms with E-state index in [-0.39, 0.29) is 6.04 Å². The van der Waals surface area contributed by atoms with E-state index in [4.69, 9.17) is 0 Å². The molecule has 0 spiro atoms. The second kappa shape index (κ2) is 6.40. The van der Waals surface area contributed by atoms with Crippen LogP contribution in [0.2, 0.25) is 0 Å². The van der Waals surface area contributed by atoms with Crippen LogP contribution in [0.3, 0.4) is 0 Å². The molecule has 1 aromatic rings. The molecule has 1 aromatic carbocycles. The molecule has 17 heavy (non-hydrogen) atoms. The zero-order valence-corrected chi connectivity index (χ0v) is 10.7. The number of hydrogen-bond acceptors (Lipinski definition) is 2. The van der Waals surface area contributed by atoms with Gasteiger partial charge < -0.3 is 5.11 Å². The lowest BCUT2D eigenvalue weighted by atomic mass is 9.98. The monoisotopic (exact) mass is 235 g/mol. The maximum Gasteiger partial charge on any atom is 0.325 e. The van der Waals surface area contributed by atoms with E-state index >= 15 is 0 Å². The minimum atomic E-state index is -0.824. The number of hydrogen-bond donors (Lipinski definition) is 2. The van der Waals surface area contributed by atoms with Gasteiger partial charge in [0.15, 0.2) is 0 Å². The van der Waals surface area contributed by atoms with Gasteiger partial charge in [0.1, 0.15) is 6.04 Å². The quantitative estimate of drug-likeness (QED) is 0.797. The van der Waals surface area contributed by atoms with Gasteiger partial charge in [0.2, 0.25) is 0 Å². The molecule has 0 aliphatic carbocycles. The van der Waals surface area contributed by atoms with Crippen molar-refractivity contribution in [3.63, 3.8) is 0 Å². The van der Waals surface area contributed by atoms with E-state index < -0.39 is 12.0 Å². The molecule has 1 rings (SSSR count). The van der Waals surface area contributed by atoms with Crippen LogP contribution in [-0.2, 0) is 4.79 Å². The molecule has 0 aliphatic rings. The third-order valence-corrected chi connectivity index (χ3v) is 3.01. The Morgan fingerprint density at radius 1 is 1.29 bits per heavy atom. The lowest BCUT2D eigenvalue weighted by Gasteiger charge is -2.25. The van der Waals surface area contributed by atoms with Crippen molar-refractivity contribution in [2.45, 2.75) is 39.3 Å². The molecule has 0 bridgehead atoms. The Hall–Kier alpha value is -1.35. The van der Waals surface area contributed by atoms with Crippen LogP contribution in [0.1, 0.15) is 38.8 Å². The van der Waals surface area contributed by atoms with E-state index in [1.807, 2.05) is 30.3 Å². The highest BCUT2D eigenvalue weighted by atomic mass is 16.4. The predicted octanol–water partition coefficient (Wildman–Crippen LogP) is 2.84. The summed E-state index contributed by atoms with van der Waals surface area (Å²) in [5, 5.41) is 12.5. The fourth-order valence-corrected chi connectivity index (χ4v) is 1.95. The Labute approximate surface area is 103 Å². The number of rotatable bonds is 6. The summed E-state index contributed by atoms with van der Waals surface area (Å²) in [4.78, 5) is 11.3. The Balaban J connectivity index is 2.84. The minimum absolute atomic E-state index is 0.219. The van der Waals surface area contributed by atoms with Crippen LogP contribution < -0.4 is 5.32 Å². The molecule has 3 nitrogen and oxygen atoms in total. The summed E-state index contributed by atoms with van der Waals surface area (Å²) >= 11 is 0. The SMILES string of the molecule is CCC(NC(C(=O)O)c1ccccc1)C(C)C. The summed E-state index contributed by atoms with van der Waals surface area (Å²) in [6, 6.07) is 8.91. The molecule has 0 heterocycles. The molecular weight excluding hydrogens is 214 g/mol. The fraction of sp³-hybridized carbons (Fsp3) is 0.500. The van der Waals surface area contributed by atoms with E-state index in [1.54, 1.807) is 0 Å². The van der Waals surface area contributed by atoms with Crippen molar-refractivity contribution in [3.8, 4) is 0 Å². The second-order valence-electron chi connectivity index (χ2n) is 4.61. The van der Waals surface area contributed by atoms with Gasteiger partial charge in [0.25, 0.3) is 0 Å². The summed E-state index contributed by atoms with van der Waals surface area (Å²) in [6.45, 7) is 6.28. The molecule has 0 aliphatic heterocycles. The van der Waals surface area contributed by atoms with Gasteiger partial charge in [-0.15, -0.1) is 0 Å². The van der Waals surface area contributed by atoms with Gasteiger partial charge in [0.05, 0.1) is 0 Å². The van der Waals surface area contributed by atoms with Crippen LogP contribution in [0, 0.1) is 5.92 Å². The topological polar surface area (TPSA) is 49.3 Å². The molecule has 3 heteroatoms. The van der Waals surface area contributed by atoms with Crippen molar-refractivity contribution in [2.75, 3.05) is 0 Å². The Kier molecular flexibility index (Phi) is 5.16. The Morgan fingerprint density at radius 3 is 2.29 bits per heavy atom. The molecular formula is C14H21NO2. The number of aliphatic carboxylic acids is 1.